The number of anilines is 1. The summed E-state index contributed by atoms with van der Waals surface area (Å²) in [6.45, 7) is 7.83. The number of hydrogen-bond donors (Lipinski definition) is 1. The molecule has 1 aromatic heterocycles. The van der Waals surface area contributed by atoms with Gasteiger partial charge in [-0.3, -0.25) is 0 Å². The van der Waals surface area contributed by atoms with Crippen LogP contribution >= 0.6 is 0 Å². The standard InChI is InChI=1S/C18H23N5O4/c1-6-26-13-8-7-12(9-14(13)25-5)16-15(17(24)27-10(2)3)11(4)19-18-20-21-22-23(16)18/h7-10,16H,6H2,1-5H3,(H,19,20,22). The first-order chi connectivity index (χ1) is 13.0. The molecule has 0 fully saturated rings. The smallest absolute Gasteiger partial charge is 0.338 e. The molecule has 1 atom stereocenters. The van der Waals surface area contributed by atoms with E-state index in [2.05, 4.69) is 20.8 Å². The zero-order chi connectivity index (χ0) is 19.6. The predicted molar refractivity (Wildman–Crippen MR) is 97.7 cm³/mol. The maximum absolute atomic E-state index is 12.8. The van der Waals surface area contributed by atoms with Crippen LogP contribution in [-0.2, 0) is 9.53 Å². The molecule has 0 saturated heterocycles. The average molecular weight is 373 g/mol. The largest absolute Gasteiger partial charge is 0.493 e. The monoisotopic (exact) mass is 373 g/mol. The van der Waals surface area contributed by atoms with Crippen molar-refractivity contribution in [3.8, 4) is 11.5 Å². The van der Waals surface area contributed by atoms with Crippen LogP contribution in [0.1, 0.15) is 39.3 Å². The normalized spacial score (nSPS) is 16.0. The molecule has 0 radical (unpaired) electrons. The van der Waals surface area contributed by atoms with Crippen molar-refractivity contribution in [1.29, 1.82) is 0 Å². The fraction of sp³-hybridized carbons (Fsp3) is 0.444. The Morgan fingerprint density at radius 2 is 2.11 bits per heavy atom. The summed E-state index contributed by atoms with van der Waals surface area (Å²) in [6, 6.07) is 4.95. The minimum absolute atomic E-state index is 0.247. The summed E-state index contributed by atoms with van der Waals surface area (Å²) in [4.78, 5) is 12.8. The third-order valence-electron chi connectivity index (χ3n) is 4.08. The zero-order valence-electron chi connectivity index (χ0n) is 16.0. The number of rotatable bonds is 6. The van der Waals surface area contributed by atoms with Crippen molar-refractivity contribution >= 4 is 11.9 Å². The first kappa shape index (κ1) is 18.7. The molecule has 9 nitrogen and oxygen atoms in total. The molecule has 2 heterocycles. The fourth-order valence-electron chi connectivity index (χ4n) is 2.99. The van der Waals surface area contributed by atoms with Gasteiger partial charge in [0, 0.05) is 5.70 Å². The van der Waals surface area contributed by atoms with Crippen molar-refractivity contribution < 1.29 is 19.0 Å². The van der Waals surface area contributed by atoms with Crippen LogP contribution in [0.2, 0.25) is 0 Å². The van der Waals surface area contributed by atoms with Crippen molar-refractivity contribution in [2.45, 2.75) is 39.8 Å². The number of carbonyl (C=O) groups excluding carboxylic acids is 1. The van der Waals surface area contributed by atoms with Gasteiger partial charge < -0.3 is 19.5 Å². The number of fused-ring (bicyclic) bond motifs is 1. The molecule has 144 valence electrons. The third kappa shape index (κ3) is 3.57. The summed E-state index contributed by atoms with van der Waals surface area (Å²) in [5, 5.41) is 14.8. The van der Waals surface area contributed by atoms with E-state index in [1.165, 1.54) is 0 Å². The van der Waals surface area contributed by atoms with E-state index in [1.807, 2.05) is 25.1 Å². The zero-order valence-corrected chi connectivity index (χ0v) is 16.0. The molecule has 1 unspecified atom stereocenters. The van der Waals surface area contributed by atoms with Crippen LogP contribution in [0, 0.1) is 0 Å². The number of hydrogen-bond acceptors (Lipinski definition) is 8. The SMILES string of the molecule is CCOc1ccc(C2C(C(=O)OC(C)C)=C(C)Nc3nnnn32)cc1OC. The number of allylic oxidation sites excluding steroid dienone is 1. The third-order valence-corrected chi connectivity index (χ3v) is 4.08. The number of esters is 1. The summed E-state index contributed by atoms with van der Waals surface area (Å²) in [7, 11) is 1.57. The number of carbonyl (C=O) groups is 1. The van der Waals surface area contributed by atoms with Gasteiger partial charge in [0.25, 0.3) is 0 Å². The van der Waals surface area contributed by atoms with E-state index in [4.69, 9.17) is 14.2 Å². The number of tetrazole rings is 1. The minimum Gasteiger partial charge on any atom is -0.493 e. The maximum Gasteiger partial charge on any atom is 0.338 e. The van der Waals surface area contributed by atoms with Crippen LogP contribution in [0.3, 0.4) is 0 Å². The molecule has 1 aliphatic rings. The minimum atomic E-state index is -0.549. The van der Waals surface area contributed by atoms with Gasteiger partial charge in [-0.25, -0.2) is 4.79 Å². The number of ether oxygens (including phenoxy) is 3. The van der Waals surface area contributed by atoms with Gasteiger partial charge in [0.05, 0.1) is 25.4 Å². The van der Waals surface area contributed by atoms with E-state index in [-0.39, 0.29) is 6.10 Å². The van der Waals surface area contributed by atoms with Crippen LogP contribution in [0.15, 0.2) is 29.5 Å². The predicted octanol–water partition coefficient (Wildman–Crippen LogP) is 2.32. The number of aromatic nitrogens is 4. The maximum atomic E-state index is 12.8. The Morgan fingerprint density at radius 3 is 2.78 bits per heavy atom. The van der Waals surface area contributed by atoms with E-state index < -0.39 is 12.0 Å². The molecule has 1 aliphatic heterocycles. The Bertz CT molecular complexity index is 874. The van der Waals surface area contributed by atoms with Crippen molar-refractivity contribution in [1.82, 2.24) is 20.2 Å². The summed E-state index contributed by atoms with van der Waals surface area (Å²) in [5.74, 6) is 1.22. The molecular weight excluding hydrogens is 350 g/mol. The molecule has 27 heavy (non-hydrogen) atoms. The second-order valence-electron chi connectivity index (χ2n) is 6.31. The highest BCUT2D eigenvalue weighted by atomic mass is 16.5. The lowest BCUT2D eigenvalue weighted by atomic mass is 9.95. The molecule has 3 rings (SSSR count). The van der Waals surface area contributed by atoms with Crippen LogP contribution in [0.4, 0.5) is 5.95 Å². The van der Waals surface area contributed by atoms with Gasteiger partial charge in [0.15, 0.2) is 11.5 Å². The molecule has 0 spiro atoms. The highest BCUT2D eigenvalue weighted by Crippen LogP contribution is 2.38. The molecule has 0 bridgehead atoms. The van der Waals surface area contributed by atoms with Crippen LogP contribution < -0.4 is 14.8 Å². The number of methoxy groups -OCH3 is 1. The van der Waals surface area contributed by atoms with Gasteiger partial charge in [-0.2, -0.15) is 4.68 Å². The first-order valence-corrected chi connectivity index (χ1v) is 8.73. The van der Waals surface area contributed by atoms with Crippen molar-refractivity contribution in [3.05, 3.63) is 35.0 Å². The molecule has 2 aromatic rings. The topological polar surface area (TPSA) is 100 Å². The van der Waals surface area contributed by atoms with Crippen molar-refractivity contribution in [2.24, 2.45) is 0 Å². The van der Waals surface area contributed by atoms with Crippen molar-refractivity contribution in [2.75, 3.05) is 19.0 Å². The highest BCUT2D eigenvalue weighted by Gasteiger charge is 2.35. The quantitative estimate of drug-likeness (QED) is 0.770. The molecule has 0 saturated carbocycles. The van der Waals surface area contributed by atoms with Gasteiger partial charge >= 0.3 is 5.97 Å². The van der Waals surface area contributed by atoms with E-state index in [0.717, 1.165) is 5.56 Å². The van der Waals surface area contributed by atoms with E-state index in [0.29, 0.717) is 35.3 Å². The summed E-state index contributed by atoms with van der Waals surface area (Å²) < 4.78 is 18.0. The van der Waals surface area contributed by atoms with Gasteiger partial charge in [0.2, 0.25) is 5.95 Å². The Labute approximate surface area is 157 Å². The first-order valence-electron chi connectivity index (χ1n) is 8.73. The van der Waals surface area contributed by atoms with E-state index >= 15 is 0 Å². The highest BCUT2D eigenvalue weighted by molar-refractivity contribution is 5.92. The number of nitrogens with zero attached hydrogens (tertiary/aromatic N) is 4. The molecule has 1 N–H and O–H groups in total. The van der Waals surface area contributed by atoms with Gasteiger partial charge in [-0.1, -0.05) is 11.2 Å². The lowest BCUT2D eigenvalue weighted by Crippen LogP contribution is -2.30. The van der Waals surface area contributed by atoms with Crippen LogP contribution in [0.25, 0.3) is 0 Å². The second-order valence-corrected chi connectivity index (χ2v) is 6.31. The Morgan fingerprint density at radius 1 is 1.33 bits per heavy atom. The Kier molecular flexibility index (Phi) is 5.29. The Hall–Kier alpha value is -3.10. The lowest BCUT2D eigenvalue weighted by Gasteiger charge is -2.28. The number of nitrogens with one attached hydrogen (secondary N) is 1. The number of benzene rings is 1. The van der Waals surface area contributed by atoms with Crippen LogP contribution in [0.5, 0.6) is 11.5 Å². The van der Waals surface area contributed by atoms with Gasteiger partial charge in [0.1, 0.15) is 6.04 Å². The molecule has 0 amide bonds. The van der Waals surface area contributed by atoms with E-state index in [9.17, 15) is 4.79 Å². The molecule has 0 aliphatic carbocycles. The average Bonchev–Trinajstić information content (AvgIpc) is 3.08. The molecular formula is C18H23N5O4. The van der Waals surface area contributed by atoms with Gasteiger partial charge in [-0.15, -0.1) is 0 Å². The summed E-state index contributed by atoms with van der Waals surface area (Å²) in [6.07, 6.45) is -0.247. The van der Waals surface area contributed by atoms with E-state index in [1.54, 1.807) is 32.6 Å². The lowest BCUT2D eigenvalue weighted by molar-refractivity contribution is -0.143. The van der Waals surface area contributed by atoms with Crippen molar-refractivity contribution in [3.63, 3.8) is 0 Å². The van der Waals surface area contributed by atoms with Crippen LogP contribution in [-0.4, -0.2) is 46.0 Å². The Balaban J connectivity index is 2.11. The molecule has 9 heteroatoms. The fourth-order valence-corrected chi connectivity index (χ4v) is 2.99. The summed E-state index contributed by atoms with van der Waals surface area (Å²) in [5.41, 5.74) is 1.86. The summed E-state index contributed by atoms with van der Waals surface area (Å²) >= 11 is 0. The molecule has 1 aromatic carbocycles. The van der Waals surface area contributed by atoms with Gasteiger partial charge in [-0.05, 0) is 55.8 Å². The second kappa shape index (κ2) is 7.65.